The first kappa shape index (κ1) is 13.5. The molecule has 4 nitrogen and oxygen atoms in total. The van der Waals surface area contributed by atoms with Crippen LogP contribution in [0, 0.1) is 0 Å². The number of hydrogen-bond acceptors (Lipinski definition) is 4. The molecule has 0 saturated carbocycles. The lowest BCUT2D eigenvalue weighted by Crippen LogP contribution is -2.29. The Bertz CT molecular complexity index is 520. The number of nitrogens with zero attached hydrogens (tertiary/aromatic N) is 1. The fraction of sp³-hybridized carbons (Fsp3) is 0.286. The molecule has 0 aliphatic carbocycles. The van der Waals surface area contributed by atoms with Gasteiger partial charge in [0.05, 0.1) is 6.54 Å². The lowest BCUT2D eigenvalue weighted by molar-refractivity contribution is 0.0943. The van der Waals surface area contributed by atoms with Crippen molar-refractivity contribution in [2.24, 2.45) is 0 Å². The molecule has 5 heteroatoms. The fourth-order valence-corrected chi connectivity index (χ4v) is 2.16. The monoisotopic (exact) mass is 275 g/mol. The number of aromatic nitrogens is 1. The average Bonchev–Trinajstić information content (AvgIpc) is 2.89. The zero-order valence-electron chi connectivity index (χ0n) is 11.0. The lowest BCUT2D eigenvalue weighted by Gasteiger charge is -2.09. The van der Waals surface area contributed by atoms with Gasteiger partial charge in [-0.05, 0) is 38.1 Å². The summed E-state index contributed by atoms with van der Waals surface area (Å²) < 4.78 is 0. The summed E-state index contributed by atoms with van der Waals surface area (Å²) >= 11 is 1.62. The zero-order valence-corrected chi connectivity index (χ0v) is 11.8. The van der Waals surface area contributed by atoms with Gasteiger partial charge in [-0.25, -0.2) is 4.98 Å². The van der Waals surface area contributed by atoms with E-state index < -0.39 is 0 Å². The molecule has 0 aliphatic heterocycles. The maximum atomic E-state index is 11.8. The normalized spacial score (nSPS) is 10.5. The van der Waals surface area contributed by atoms with Crippen LogP contribution in [0.2, 0.25) is 0 Å². The van der Waals surface area contributed by atoms with E-state index in [9.17, 15) is 4.79 Å². The molecule has 2 aromatic rings. The number of thiazole rings is 1. The third-order valence-electron chi connectivity index (χ3n) is 2.49. The Labute approximate surface area is 116 Å². The Balaban J connectivity index is 1.92. The van der Waals surface area contributed by atoms with Crippen molar-refractivity contribution in [2.75, 3.05) is 5.32 Å². The molecule has 19 heavy (non-hydrogen) atoms. The third-order valence-corrected chi connectivity index (χ3v) is 3.27. The maximum absolute atomic E-state index is 11.8. The minimum Gasteiger partial charge on any atom is -0.379 e. The largest absolute Gasteiger partial charge is 0.379 e. The van der Waals surface area contributed by atoms with Crippen molar-refractivity contribution < 1.29 is 4.79 Å². The summed E-state index contributed by atoms with van der Waals surface area (Å²) in [5.74, 6) is -0.0403. The van der Waals surface area contributed by atoms with Gasteiger partial charge in [0.2, 0.25) is 0 Å². The number of hydrogen-bond donors (Lipinski definition) is 2. The third kappa shape index (κ3) is 4.06. The number of benzene rings is 1. The predicted molar refractivity (Wildman–Crippen MR) is 78.5 cm³/mol. The molecule has 0 atom stereocenters. The maximum Gasteiger partial charge on any atom is 0.251 e. The van der Waals surface area contributed by atoms with E-state index in [0.717, 1.165) is 10.7 Å². The van der Waals surface area contributed by atoms with Crippen molar-refractivity contribution in [3.8, 4) is 0 Å². The average molecular weight is 275 g/mol. The number of amides is 1. The molecule has 0 radical (unpaired) electrons. The number of rotatable bonds is 5. The molecule has 2 rings (SSSR count). The molecule has 2 N–H and O–H groups in total. The molecule has 100 valence electrons. The quantitative estimate of drug-likeness (QED) is 0.882. The van der Waals surface area contributed by atoms with Crippen LogP contribution in [0.15, 0.2) is 35.8 Å². The van der Waals surface area contributed by atoms with Crippen molar-refractivity contribution >= 4 is 22.9 Å². The predicted octanol–water partition coefficient (Wildman–Crippen LogP) is 2.89. The Morgan fingerprint density at radius 3 is 2.63 bits per heavy atom. The van der Waals surface area contributed by atoms with Crippen LogP contribution in [0.1, 0.15) is 29.2 Å². The molecular formula is C14H17N3OS. The van der Waals surface area contributed by atoms with Crippen LogP contribution >= 0.6 is 11.3 Å². The second-order valence-electron chi connectivity index (χ2n) is 4.48. The minimum atomic E-state index is -0.0403. The zero-order chi connectivity index (χ0) is 13.7. The van der Waals surface area contributed by atoms with Gasteiger partial charge in [0, 0.05) is 28.9 Å². The smallest absolute Gasteiger partial charge is 0.251 e. The Hall–Kier alpha value is -1.88. The van der Waals surface area contributed by atoms with E-state index in [4.69, 9.17) is 0 Å². The lowest BCUT2D eigenvalue weighted by atomic mass is 10.2. The molecule has 1 aromatic carbocycles. The van der Waals surface area contributed by atoms with Crippen LogP contribution in [0.4, 0.5) is 5.69 Å². The van der Waals surface area contributed by atoms with Gasteiger partial charge in [0.15, 0.2) is 0 Å². The first-order valence-electron chi connectivity index (χ1n) is 6.18. The van der Waals surface area contributed by atoms with Crippen molar-refractivity contribution in [1.29, 1.82) is 0 Å². The fourth-order valence-electron chi connectivity index (χ4n) is 1.60. The van der Waals surface area contributed by atoms with E-state index in [1.165, 1.54) is 0 Å². The van der Waals surface area contributed by atoms with E-state index >= 15 is 0 Å². The number of carbonyl (C=O) groups is 1. The molecule has 0 spiro atoms. The Kier molecular flexibility index (Phi) is 4.52. The Morgan fingerprint density at radius 1 is 1.32 bits per heavy atom. The highest BCUT2D eigenvalue weighted by atomic mass is 32.1. The van der Waals surface area contributed by atoms with Crippen LogP contribution in [0.3, 0.4) is 0 Å². The minimum absolute atomic E-state index is 0.0403. The summed E-state index contributed by atoms with van der Waals surface area (Å²) in [5.41, 5.74) is 1.66. The van der Waals surface area contributed by atoms with Gasteiger partial charge >= 0.3 is 0 Å². The molecule has 0 saturated heterocycles. The van der Waals surface area contributed by atoms with Crippen LogP contribution < -0.4 is 10.6 Å². The Morgan fingerprint density at radius 2 is 2.05 bits per heavy atom. The van der Waals surface area contributed by atoms with Crippen molar-refractivity contribution in [3.63, 3.8) is 0 Å². The molecule has 1 amide bonds. The molecule has 0 unspecified atom stereocenters. The van der Waals surface area contributed by atoms with Gasteiger partial charge in [-0.2, -0.15) is 0 Å². The highest BCUT2D eigenvalue weighted by molar-refractivity contribution is 7.09. The van der Waals surface area contributed by atoms with Crippen LogP contribution in [-0.4, -0.2) is 16.9 Å². The summed E-state index contributed by atoms with van der Waals surface area (Å²) in [5, 5.41) is 9.13. The van der Waals surface area contributed by atoms with Gasteiger partial charge < -0.3 is 10.6 Å². The summed E-state index contributed by atoms with van der Waals surface area (Å²) in [4.78, 5) is 16.0. The molecule has 1 aromatic heterocycles. The van der Waals surface area contributed by atoms with Gasteiger partial charge in [0.1, 0.15) is 5.01 Å². The first-order chi connectivity index (χ1) is 9.15. The van der Waals surface area contributed by atoms with Gasteiger partial charge in [-0.15, -0.1) is 11.3 Å². The van der Waals surface area contributed by atoms with Crippen molar-refractivity contribution in [3.05, 3.63) is 46.4 Å². The molecule has 1 heterocycles. The highest BCUT2D eigenvalue weighted by Gasteiger charge is 2.06. The van der Waals surface area contributed by atoms with Crippen molar-refractivity contribution in [1.82, 2.24) is 10.3 Å². The second-order valence-corrected chi connectivity index (χ2v) is 5.46. The summed E-state index contributed by atoms with van der Waals surface area (Å²) in [7, 11) is 0. The van der Waals surface area contributed by atoms with Gasteiger partial charge in [0.25, 0.3) is 5.91 Å². The highest BCUT2D eigenvalue weighted by Crippen LogP contribution is 2.12. The first-order valence-corrected chi connectivity index (χ1v) is 7.06. The topological polar surface area (TPSA) is 54.0 Å². The van der Waals surface area contributed by atoms with E-state index in [1.807, 2.05) is 43.5 Å². The standard InChI is InChI=1S/C14H17N3OS/c1-10(2)17-14(18)11-3-5-12(6-4-11)16-9-13-15-7-8-19-13/h3-8,10,16H,9H2,1-2H3,(H,17,18). The molecule has 0 bridgehead atoms. The summed E-state index contributed by atoms with van der Waals surface area (Å²) in [6, 6.07) is 7.60. The van der Waals surface area contributed by atoms with E-state index in [1.54, 1.807) is 17.5 Å². The summed E-state index contributed by atoms with van der Waals surface area (Å²) in [6.07, 6.45) is 1.79. The molecular weight excluding hydrogens is 258 g/mol. The molecule has 0 fully saturated rings. The molecule has 0 aliphatic rings. The summed E-state index contributed by atoms with van der Waals surface area (Å²) in [6.45, 7) is 4.60. The number of nitrogens with one attached hydrogen (secondary N) is 2. The van der Waals surface area contributed by atoms with E-state index in [-0.39, 0.29) is 11.9 Å². The second kappa shape index (κ2) is 6.33. The van der Waals surface area contributed by atoms with Crippen LogP contribution in [0.25, 0.3) is 0 Å². The SMILES string of the molecule is CC(C)NC(=O)c1ccc(NCc2nccs2)cc1. The number of anilines is 1. The van der Waals surface area contributed by atoms with Crippen LogP contribution in [0.5, 0.6) is 0 Å². The van der Waals surface area contributed by atoms with E-state index in [0.29, 0.717) is 12.1 Å². The number of carbonyl (C=O) groups excluding carboxylic acids is 1. The van der Waals surface area contributed by atoms with Crippen molar-refractivity contribution in [2.45, 2.75) is 26.4 Å². The van der Waals surface area contributed by atoms with Crippen LogP contribution in [-0.2, 0) is 6.54 Å². The van der Waals surface area contributed by atoms with Gasteiger partial charge in [-0.1, -0.05) is 0 Å². The van der Waals surface area contributed by atoms with E-state index in [2.05, 4.69) is 15.6 Å². The van der Waals surface area contributed by atoms with Gasteiger partial charge in [-0.3, -0.25) is 4.79 Å².